The fourth-order valence-corrected chi connectivity index (χ4v) is 2.78. The van der Waals surface area contributed by atoms with Crippen LogP contribution in [-0.4, -0.2) is 38.7 Å². The number of carbonyl (C=O) groups excluding carboxylic acids is 1. The van der Waals surface area contributed by atoms with Crippen LogP contribution in [0.25, 0.3) is 0 Å². The molecule has 0 saturated heterocycles. The molecule has 1 atom stereocenters. The number of hydrogen-bond acceptors (Lipinski definition) is 5. The van der Waals surface area contributed by atoms with E-state index in [2.05, 4.69) is 10.2 Å². The monoisotopic (exact) mass is 304 g/mol. The summed E-state index contributed by atoms with van der Waals surface area (Å²) in [4.78, 5) is 14.5. The standard InChI is InChI=1S/C15H20N4O3/c1-4-21-9-13-16-17-14-10(2)18(6-7-19(13)14)15(20)12-5-8-22-11(12)3/h5,8,10H,4,6-7,9H2,1-3H3/t10-/m0/s1. The molecule has 1 aliphatic heterocycles. The molecule has 22 heavy (non-hydrogen) atoms. The van der Waals surface area contributed by atoms with Crippen molar-refractivity contribution < 1.29 is 13.9 Å². The molecule has 0 radical (unpaired) electrons. The van der Waals surface area contributed by atoms with E-state index in [1.165, 1.54) is 0 Å². The second kappa shape index (κ2) is 5.92. The van der Waals surface area contributed by atoms with Crippen molar-refractivity contribution >= 4 is 5.91 Å². The lowest BCUT2D eigenvalue weighted by atomic mass is 10.1. The minimum atomic E-state index is -0.126. The summed E-state index contributed by atoms with van der Waals surface area (Å²) in [6.45, 7) is 8.10. The molecule has 7 nitrogen and oxygen atoms in total. The summed E-state index contributed by atoms with van der Waals surface area (Å²) in [5.41, 5.74) is 0.606. The molecule has 7 heteroatoms. The smallest absolute Gasteiger partial charge is 0.258 e. The van der Waals surface area contributed by atoms with Gasteiger partial charge in [-0.2, -0.15) is 0 Å². The minimum absolute atomic E-state index is 0.0284. The molecule has 1 aliphatic rings. The summed E-state index contributed by atoms with van der Waals surface area (Å²) in [5.74, 6) is 2.23. The fourth-order valence-electron chi connectivity index (χ4n) is 2.78. The lowest BCUT2D eigenvalue weighted by Crippen LogP contribution is -2.41. The first-order valence-corrected chi connectivity index (χ1v) is 7.48. The van der Waals surface area contributed by atoms with Gasteiger partial charge < -0.3 is 18.6 Å². The highest BCUT2D eigenvalue weighted by Gasteiger charge is 2.32. The second-order valence-corrected chi connectivity index (χ2v) is 5.33. The van der Waals surface area contributed by atoms with Crippen molar-refractivity contribution in [3.8, 4) is 0 Å². The Bertz CT molecular complexity index is 676. The van der Waals surface area contributed by atoms with Crippen molar-refractivity contribution in [2.75, 3.05) is 13.2 Å². The van der Waals surface area contributed by atoms with E-state index in [1.807, 2.05) is 23.3 Å². The van der Waals surface area contributed by atoms with Crippen molar-refractivity contribution in [1.82, 2.24) is 19.7 Å². The first kappa shape index (κ1) is 14.8. The SMILES string of the molecule is CCOCc1nnc2n1CCN(C(=O)c1ccoc1C)[C@H]2C. The molecule has 118 valence electrons. The maximum absolute atomic E-state index is 12.7. The van der Waals surface area contributed by atoms with Crippen LogP contribution in [0.3, 0.4) is 0 Å². The summed E-state index contributed by atoms with van der Waals surface area (Å²) < 4.78 is 12.7. The van der Waals surface area contributed by atoms with E-state index in [4.69, 9.17) is 9.15 Å². The van der Waals surface area contributed by atoms with E-state index >= 15 is 0 Å². The minimum Gasteiger partial charge on any atom is -0.469 e. The van der Waals surface area contributed by atoms with E-state index < -0.39 is 0 Å². The lowest BCUT2D eigenvalue weighted by molar-refractivity contribution is 0.0628. The molecule has 0 saturated carbocycles. The van der Waals surface area contributed by atoms with E-state index in [1.54, 1.807) is 19.3 Å². The molecular weight excluding hydrogens is 284 g/mol. The Morgan fingerprint density at radius 2 is 2.27 bits per heavy atom. The van der Waals surface area contributed by atoms with Crippen LogP contribution >= 0.6 is 0 Å². The zero-order valence-corrected chi connectivity index (χ0v) is 13.1. The van der Waals surface area contributed by atoms with Gasteiger partial charge in [0.25, 0.3) is 5.91 Å². The van der Waals surface area contributed by atoms with Crippen LogP contribution in [-0.2, 0) is 17.9 Å². The Morgan fingerprint density at radius 1 is 1.45 bits per heavy atom. The molecule has 0 N–H and O–H groups in total. The Balaban J connectivity index is 1.83. The number of ether oxygens (including phenoxy) is 1. The predicted octanol–water partition coefficient (Wildman–Crippen LogP) is 1.93. The van der Waals surface area contributed by atoms with Crippen LogP contribution in [0.4, 0.5) is 0 Å². The molecule has 0 fully saturated rings. The van der Waals surface area contributed by atoms with Gasteiger partial charge in [-0.3, -0.25) is 4.79 Å². The fraction of sp³-hybridized carbons (Fsp3) is 0.533. The van der Waals surface area contributed by atoms with Crippen LogP contribution in [0.2, 0.25) is 0 Å². The normalized spacial score (nSPS) is 17.6. The van der Waals surface area contributed by atoms with E-state index in [0.717, 1.165) is 11.6 Å². The van der Waals surface area contributed by atoms with Gasteiger partial charge >= 0.3 is 0 Å². The molecule has 0 bridgehead atoms. The number of furan rings is 1. The molecule has 2 aromatic heterocycles. The first-order valence-electron chi connectivity index (χ1n) is 7.48. The Morgan fingerprint density at radius 3 is 2.95 bits per heavy atom. The van der Waals surface area contributed by atoms with Crippen molar-refractivity contribution in [3.63, 3.8) is 0 Å². The number of nitrogens with zero attached hydrogens (tertiary/aromatic N) is 4. The van der Waals surface area contributed by atoms with Gasteiger partial charge in [0.1, 0.15) is 12.4 Å². The van der Waals surface area contributed by atoms with Crippen LogP contribution in [0.5, 0.6) is 0 Å². The maximum atomic E-state index is 12.7. The van der Waals surface area contributed by atoms with Gasteiger partial charge in [0, 0.05) is 19.7 Å². The number of aromatic nitrogens is 3. The predicted molar refractivity (Wildman–Crippen MR) is 78.2 cm³/mol. The third-order valence-electron chi connectivity index (χ3n) is 4.05. The topological polar surface area (TPSA) is 73.4 Å². The highest BCUT2D eigenvalue weighted by Crippen LogP contribution is 2.27. The van der Waals surface area contributed by atoms with Gasteiger partial charge in [-0.05, 0) is 26.8 Å². The van der Waals surface area contributed by atoms with Crippen molar-refractivity contribution in [2.45, 2.75) is 40.0 Å². The lowest BCUT2D eigenvalue weighted by Gasteiger charge is -2.33. The third kappa shape index (κ3) is 2.41. The van der Waals surface area contributed by atoms with Gasteiger partial charge in [0.15, 0.2) is 11.6 Å². The summed E-state index contributed by atoms with van der Waals surface area (Å²) in [6.07, 6.45) is 1.54. The van der Waals surface area contributed by atoms with Crippen LogP contribution in [0, 0.1) is 6.92 Å². The van der Waals surface area contributed by atoms with E-state index in [9.17, 15) is 4.79 Å². The zero-order valence-electron chi connectivity index (χ0n) is 13.1. The quantitative estimate of drug-likeness (QED) is 0.863. The number of hydrogen-bond donors (Lipinski definition) is 0. The van der Waals surface area contributed by atoms with Crippen LogP contribution in [0.15, 0.2) is 16.7 Å². The van der Waals surface area contributed by atoms with Gasteiger partial charge in [0.05, 0.1) is 17.9 Å². The first-order chi connectivity index (χ1) is 10.6. The number of fused-ring (bicyclic) bond motifs is 1. The van der Waals surface area contributed by atoms with Gasteiger partial charge in [-0.25, -0.2) is 0 Å². The molecule has 3 heterocycles. The summed E-state index contributed by atoms with van der Waals surface area (Å²) in [5, 5.41) is 8.43. The summed E-state index contributed by atoms with van der Waals surface area (Å²) in [7, 11) is 0. The van der Waals surface area contributed by atoms with E-state index in [0.29, 0.717) is 37.6 Å². The van der Waals surface area contributed by atoms with Gasteiger partial charge in [-0.1, -0.05) is 0 Å². The molecule has 0 spiro atoms. The maximum Gasteiger partial charge on any atom is 0.258 e. The largest absolute Gasteiger partial charge is 0.469 e. The highest BCUT2D eigenvalue weighted by molar-refractivity contribution is 5.95. The molecular formula is C15H20N4O3. The van der Waals surface area contributed by atoms with Crippen molar-refractivity contribution in [2.24, 2.45) is 0 Å². The Labute approximate surface area is 128 Å². The molecule has 1 amide bonds. The average molecular weight is 304 g/mol. The number of rotatable bonds is 4. The van der Waals surface area contributed by atoms with Crippen molar-refractivity contribution in [3.05, 3.63) is 35.3 Å². The Hall–Kier alpha value is -2.15. The highest BCUT2D eigenvalue weighted by atomic mass is 16.5. The van der Waals surface area contributed by atoms with Gasteiger partial charge in [0.2, 0.25) is 0 Å². The van der Waals surface area contributed by atoms with Crippen LogP contribution in [0.1, 0.15) is 47.7 Å². The molecule has 0 unspecified atom stereocenters. The van der Waals surface area contributed by atoms with Gasteiger partial charge in [-0.15, -0.1) is 10.2 Å². The summed E-state index contributed by atoms with van der Waals surface area (Å²) >= 11 is 0. The zero-order chi connectivity index (χ0) is 15.7. The molecule has 0 aromatic carbocycles. The third-order valence-corrected chi connectivity index (χ3v) is 4.05. The summed E-state index contributed by atoms with van der Waals surface area (Å²) in [6, 6.07) is 1.59. The average Bonchev–Trinajstić information content (AvgIpc) is 3.11. The molecule has 2 aromatic rings. The molecule has 0 aliphatic carbocycles. The number of carbonyl (C=O) groups is 1. The molecule has 3 rings (SSSR count). The second-order valence-electron chi connectivity index (χ2n) is 5.33. The van der Waals surface area contributed by atoms with Crippen molar-refractivity contribution in [1.29, 1.82) is 0 Å². The number of amides is 1. The van der Waals surface area contributed by atoms with Crippen LogP contribution < -0.4 is 0 Å². The Kier molecular flexibility index (Phi) is 3.98. The number of aryl methyl sites for hydroxylation is 1. The van der Waals surface area contributed by atoms with E-state index in [-0.39, 0.29) is 11.9 Å².